The standard InChI is InChI=1S/C23H31NO4S/c1-6-27-19(25)15-16-17(22(4,5)28-21(16,2)3)29-18(15)24-20(26)23-10-12-7-13(11-23)9-14(23)8-12/h12-14H,6-11H2,1-5H3,(H,24,26). The summed E-state index contributed by atoms with van der Waals surface area (Å²) in [6, 6.07) is 0. The molecule has 4 bridgehead atoms. The summed E-state index contributed by atoms with van der Waals surface area (Å²) >= 11 is 1.48. The van der Waals surface area contributed by atoms with Crippen LogP contribution in [0.15, 0.2) is 0 Å². The van der Waals surface area contributed by atoms with Crippen molar-refractivity contribution in [3.8, 4) is 0 Å². The Hall–Kier alpha value is -1.40. The number of ether oxygens (including phenoxy) is 2. The Bertz CT molecular complexity index is 885. The van der Waals surface area contributed by atoms with Crippen molar-refractivity contribution in [3.05, 3.63) is 16.0 Å². The van der Waals surface area contributed by atoms with Crippen LogP contribution < -0.4 is 5.32 Å². The molecular formula is C23H31NO4S. The first-order valence-corrected chi connectivity index (χ1v) is 11.8. The molecule has 1 N–H and O–H groups in total. The maximum Gasteiger partial charge on any atom is 0.341 e. The summed E-state index contributed by atoms with van der Waals surface area (Å²) in [6.07, 6.45) is 5.72. The van der Waals surface area contributed by atoms with E-state index < -0.39 is 11.2 Å². The molecule has 5 nitrogen and oxygen atoms in total. The molecule has 0 aromatic carbocycles. The summed E-state index contributed by atoms with van der Waals surface area (Å²) in [6.45, 7) is 10.1. The third-order valence-corrected chi connectivity index (χ3v) is 9.13. The highest BCUT2D eigenvalue weighted by Gasteiger charge is 2.61. The Morgan fingerprint density at radius 2 is 1.76 bits per heavy atom. The normalized spacial score (nSPS) is 35.0. The Balaban J connectivity index is 1.54. The van der Waals surface area contributed by atoms with Crippen molar-refractivity contribution in [2.45, 2.75) is 77.9 Å². The number of rotatable bonds is 4. The molecule has 6 rings (SSSR count). The van der Waals surface area contributed by atoms with Gasteiger partial charge in [-0.15, -0.1) is 11.3 Å². The number of thiophene rings is 1. The first kappa shape index (κ1) is 19.6. The first-order valence-electron chi connectivity index (χ1n) is 10.9. The van der Waals surface area contributed by atoms with Crippen LogP contribution in [-0.2, 0) is 25.5 Å². The van der Waals surface area contributed by atoms with Crippen LogP contribution in [0.4, 0.5) is 5.00 Å². The van der Waals surface area contributed by atoms with Crippen molar-refractivity contribution in [1.29, 1.82) is 0 Å². The lowest BCUT2D eigenvalue weighted by Crippen LogP contribution is -2.37. The molecular weight excluding hydrogens is 386 g/mol. The topological polar surface area (TPSA) is 64.6 Å². The van der Waals surface area contributed by atoms with E-state index in [4.69, 9.17) is 9.47 Å². The van der Waals surface area contributed by atoms with Gasteiger partial charge in [0.15, 0.2) is 0 Å². The SMILES string of the molecule is CCOC(=O)c1c(NC(=O)C23CC4CC(CC2C4)C3)sc2c1C(C)(C)OC2(C)C. The van der Waals surface area contributed by atoms with Crippen LogP contribution in [0.3, 0.4) is 0 Å². The third kappa shape index (κ3) is 2.67. The van der Waals surface area contributed by atoms with E-state index in [-0.39, 0.29) is 17.3 Å². The van der Waals surface area contributed by atoms with Gasteiger partial charge in [0.1, 0.15) is 10.6 Å². The highest BCUT2D eigenvalue weighted by molar-refractivity contribution is 7.17. The van der Waals surface area contributed by atoms with Crippen LogP contribution in [-0.4, -0.2) is 18.5 Å². The quantitative estimate of drug-likeness (QED) is 0.685. The lowest BCUT2D eigenvalue weighted by molar-refractivity contribution is -0.127. The number of hydrogen-bond donors (Lipinski definition) is 1. The van der Waals surface area contributed by atoms with E-state index in [2.05, 4.69) is 5.32 Å². The van der Waals surface area contributed by atoms with Crippen LogP contribution >= 0.6 is 11.3 Å². The fourth-order valence-electron chi connectivity index (χ4n) is 7.05. The third-order valence-electron chi connectivity index (χ3n) is 7.72. The number of hydrogen-bond acceptors (Lipinski definition) is 5. The van der Waals surface area contributed by atoms with E-state index in [0.717, 1.165) is 23.3 Å². The minimum atomic E-state index is -0.608. The molecule has 1 amide bonds. The number of anilines is 1. The first-order chi connectivity index (χ1) is 13.6. The van der Waals surface area contributed by atoms with Crippen molar-refractivity contribution in [2.24, 2.45) is 23.2 Å². The largest absolute Gasteiger partial charge is 0.462 e. The number of carbonyl (C=O) groups excluding carboxylic acids is 2. The second-order valence-electron chi connectivity index (χ2n) is 10.5. The Kier molecular flexibility index (Phi) is 4.09. The zero-order valence-electron chi connectivity index (χ0n) is 18.0. The van der Waals surface area contributed by atoms with Gasteiger partial charge in [-0.05, 0) is 84.5 Å². The summed E-state index contributed by atoms with van der Waals surface area (Å²) in [4.78, 5) is 27.5. The van der Waals surface area contributed by atoms with Crippen molar-refractivity contribution in [1.82, 2.24) is 0 Å². The number of esters is 1. The number of carbonyl (C=O) groups is 2. The van der Waals surface area contributed by atoms with Gasteiger partial charge in [-0.2, -0.15) is 0 Å². The molecule has 2 heterocycles. The van der Waals surface area contributed by atoms with Gasteiger partial charge in [0.2, 0.25) is 5.91 Å². The number of nitrogens with one attached hydrogen (secondary N) is 1. The van der Waals surface area contributed by atoms with Gasteiger partial charge in [-0.25, -0.2) is 4.79 Å². The van der Waals surface area contributed by atoms with Crippen LogP contribution in [0.2, 0.25) is 0 Å². The molecule has 4 aliphatic carbocycles. The number of fused-ring (bicyclic) bond motifs is 1. The minimum Gasteiger partial charge on any atom is -0.462 e. The van der Waals surface area contributed by atoms with Gasteiger partial charge < -0.3 is 14.8 Å². The molecule has 29 heavy (non-hydrogen) atoms. The Labute approximate surface area is 176 Å². The summed E-state index contributed by atoms with van der Waals surface area (Å²) in [5.41, 5.74) is 0.0246. The van der Waals surface area contributed by atoms with Crippen LogP contribution in [0.1, 0.15) is 87.5 Å². The molecule has 2 unspecified atom stereocenters. The smallest absolute Gasteiger partial charge is 0.341 e. The van der Waals surface area contributed by atoms with Crippen molar-refractivity contribution in [2.75, 3.05) is 11.9 Å². The maximum atomic E-state index is 13.6. The molecule has 1 aromatic rings. The lowest BCUT2D eigenvalue weighted by atomic mass is 9.75. The molecule has 6 heteroatoms. The van der Waals surface area contributed by atoms with Crippen LogP contribution in [0, 0.1) is 23.2 Å². The molecule has 0 saturated heterocycles. The summed E-state index contributed by atoms with van der Waals surface area (Å²) in [5, 5.41) is 3.87. The van der Waals surface area contributed by atoms with E-state index in [9.17, 15) is 9.59 Å². The molecule has 4 saturated carbocycles. The van der Waals surface area contributed by atoms with Gasteiger partial charge in [0.25, 0.3) is 0 Å². The van der Waals surface area contributed by atoms with Gasteiger partial charge in [0.05, 0.1) is 23.2 Å². The van der Waals surface area contributed by atoms with E-state index in [0.29, 0.717) is 34.9 Å². The maximum absolute atomic E-state index is 13.6. The lowest BCUT2D eigenvalue weighted by Gasteiger charge is -2.31. The predicted molar refractivity (Wildman–Crippen MR) is 112 cm³/mol. The monoisotopic (exact) mass is 417 g/mol. The molecule has 5 aliphatic rings. The predicted octanol–water partition coefficient (Wildman–Crippen LogP) is 5.19. The highest BCUT2D eigenvalue weighted by atomic mass is 32.1. The zero-order valence-corrected chi connectivity index (χ0v) is 18.8. The Morgan fingerprint density at radius 1 is 1.10 bits per heavy atom. The molecule has 4 fully saturated rings. The van der Waals surface area contributed by atoms with Crippen LogP contribution in [0.5, 0.6) is 0 Å². The fourth-order valence-corrected chi connectivity index (χ4v) is 8.42. The summed E-state index contributed by atoms with van der Waals surface area (Å²) in [5.74, 6) is 1.68. The van der Waals surface area contributed by atoms with Crippen LogP contribution in [0.25, 0.3) is 0 Å². The number of amides is 1. The second-order valence-corrected chi connectivity index (χ2v) is 11.5. The highest BCUT2D eigenvalue weighted by Crippen LogP contribution is 2.66. The van der Waals surface area contributed by atoms with Gasteiger partial charge >= 0.3 is 5.97 Å². The fraction of sp³-hybridized carbons (Fsp3) is 0.739. The van der Waals surface area contributed by atoms with Crippen molar-refractivity contribution < 1.29 is 19.1 Å². The molecule has 1 aromatic heterocycles. The average molecular weight is 418 g/mol. The van der Waals surface area contributed by atoms with Gasteiger partial charge in [-0.1, -0.05) is 0 Å². The minimum absolute atomic E-state index is 0.120. The summed E-state index contributed by atoms with van der Waals surface area (Å²) in [7, 11) is 0. The van der Waals surface area contributed by atoms with Gasteiger partial charge in [0, 0.05) is 10.4 Å². The van der Waals surface area contributed by atoms with Crippen molar-refractivity contribution in [3.63, 3.8) is 0 Å². The molecule has 0 radical (unpaired) electrons. The Morgan fingerprint density at radius 3 is 2.38 bits per heavy atom. The molecule has 2 atom stereocenters. The van der Waals surface area contributed by atoms with E-state index >= 15 is 0 Å². The van der Waals surface area contributed by atoms with E-state index in [1.807, 2.05) is 27.7 Å². The van der Waals surface area contributed by atoms with Gasteiger partial charge in [-0.3, -0.25) is 4.79 Å². The molecule has 1 aliphatic heterocycles. The molecule has 0 spiro atoms. The van der Waals surface area contributed by atoms with Crippen molar-refractivity contribution >= 4 is 28.2 Å². The molecule has 158 valence electrons. The second kappa shape index (κ2) is 6.07. The van der Waals surface area contributed by atoms with E-state index in [1.165, 1.54) is 30.6 Å². The summed E-state index contributed by atoms with van der Waals surface area (Å²) < 4.78 is 11.6. The zero-order chi connectivity index (χ0) is 20.8. The van der Waals surface area contributed by atoms with E-state index in [1.54, 1.807) is 6.92 Å². The average Bonchev–Trinajstić information content (AvgIpc) is 3.24.